The fourth-order valence-electron chi connectivity index (χ4n) is 3.28. The van der Waals surface area contributed by atoms with Crippen LogP contribution in [0.3, 0.4) is 0 Å². The molecule has 1 aliphatic heterocycles. The smallest absolute Gasteiger partial charge is 0.230 e. The standard InChI is InChI=1S/C17H24N4OS/c1-4-20-9-10-21(12-14(20)16-18-7-8-19(16)3)17(22)13(2)15-6-5-11-23-15/h5-8,11,13-14H,4,9-10,12H2,1-3H3/t13-,14+/m1/s1. The Morgan fingerprint density at radius 1 is 1.48 bits per heavy atom. The molecule has 2 atom stereocenters. The van der Waals surface area contributed by atoms with Crippen LogP contribution in [0.4, 0.5) is 0 Å². The Labute approximate surface area is 141 Å². The van der Waals surface area contributed by atoms with E-state index in [2.05, 4.69) is 21.4 Å². The number of aromatic nitrogens is 2. The first-order valence-corrected chi connectivity index (χ1v) is 9.03. The number of hydrogen-bond donors (Lipinski definition) is 0. The Morgan fingerprint density at radius 3 is 2.91 bits per heavy atom. The number of nitrogens with zero attached hydrogens (tertiary/aromatic N) is 4. The quantitative estimate of drug-likeness (QED) is 0.864. The van der Waals surface area contributed by atoms with Crippen molar-refractivity contribution in [1.82, 2.24) is 19.4 Å². The van der Waals surface area contributed by atoms with Crippen molar-refractivity contribution in [3.05, 3.63) is 40.6 Å². The number of piperazine rings is 1. The van der Waals surface area contributed by atoms with Crippen molar-refractivity contribution in [1.29, 1.82) is 0 Å². The first-order chi connectivity index (χ1) is 11.1. The van der Waals surface area contributed by atoms with Crippen LogP contribution in [-0.2, 0) is 11.8 Å². The third kappa shape index (κ3) is 3.19. The predicted molar refractivity (Wildman–Crippen MR) is 92.5 cm³/mol. The highest BCUT2D eigenvalue weighted by atomic mass is 32.1. The molecule has 0 N–H and O–H groups in total. The average molecular weight is 332 g/mol. The van der Waals surface area contributed by atoms with Crippen LogP contribution >= 0.6 is 11.3 Å². The van der Waals surface area contributed by atoms with Crippen molar-refractivity contribution in [3.8, 4) is 0 Å². The van der Waals surface area contributed by atoms with E-state index in [0.717, 1.165) is 30.3 Å². The molecule has 2 aromatic heterocycles. The van der Waals surface area contributed by atoms with Crippen LogP contribution in [0.25, 0.3) is 0 Å². The molecule has 0 aromatic carbocycles. The van der Waals surface area contributed by atoms with Gasteiger partial charge in [-0.05, 0) is 24.9 Å². The average Bonchev–Trinajstić information content (AvgIpc) is 3.24. The van der Waals surface area contributed by atoms with Crippen molar-refractivity contribution in [3.63, 3.8) is 0 Å². The van der Waals surface area contributed by atoms with Crippen molar-refractivity contribution in [2.24, 2.45) is 7.05 Å². The largest absolute Gasteiger partial charge is 0.339 e. The number of rotatable bonds is 4. The molecule has 0 radical (unpaired) electrons. The van der Waals surface area contributed by atoms with Gasteiger partial charge in [0, 0.05) is 44.0 Å². The fraction of sp³-hybridized carbons (Fsp3) is 0.529. The van der Waals surface area contributed by atoms with Crippen LogP contribution in [0.2, 0.25) is 0 Å². The van der Waals surface area contributed by atoms with E-state index in [1.54, 1.807) is 11.3 Å². The second-order valence-electron chi connectivity index (χ2n) is 6.06. The Hall–Kier alpha value is -1.66. The number of likely N-dealkylation sites (N-methyl/N-ethyl adjacent to an activating group) is 1. The number of aryl methyl sites for hydroxylation is 1. The highest BCUT2D eigenvalue weighted by Crippen LogP contribution is 2.28. The van der Waals surface area contributed by atoms with Gasteiger partial charge < -0.3 is 9.47 Å². The maximum Gasteiger partial charge on any atom is 0.230 e. The predicted octanol–water partition coefficient (Wildman–Crippen LogP) is 2.49. The van der Waals surface area contributed by atoms with E-state index in [4.69, 9.17) is 0 Å². The molecule has 3 rings (SSSR count). The van der Waals surface area contributed by atoms with Crippen LogP contribution in [0.15, 0.2) is 29.9 Å². The van der Waals surface area contributed by atoms with Crippen LogP contribution in [0.1, 0.15) is 36.5 Å². The molecule has 0 spiro atoms. The Bertz CT molecular complexity index is 651. The molecule has 1 fully saturated rings. The van der Waals surface area contributed by atoms with Gasteiger partial charge in [-0.25, -0.2) is 4.98 Å². The number of carbonyl (C=O) groups excluding carboxylic acids is 1. The summed E-state index contributed by atoms with van der Waals surface area (Å²) >= 11 is 1.66. The maximum absolute atomic E-state index is 12.9. The molecular formula is C17H24N4OS. The lowest BCUT2D eigenvalue weighted by Crippen LogP contribution is -2.51. The van der Waals surface area contributed by atoms with Crippen molar-refractivity contribution >= 4 is 17.2 Å². The molecular weight excluding hydrogens is 308 g/mol. The van der Waals surface area contributed by atoms with Crippen molar-refractivity contribution < 1.29 is 4.79 Å². The minimum atomic E-state index is -0.0646. The summed E-state index contributed by atoms with van der Waals surface area (Å²) in [5.41, 5.74) is 0. The lowest BCUT2D eigenvalue weighted by Gasteiger charge is -2.41. The van der Waals surface area contributed by atoms with Gasteiger partial charge in [-0.15, -0.1) is 11.3 Å². The zero-order chi connectivity index (χ0) is 16.4. The van der Waals surface area contributed by atoms with Gasteiger partial charge in [-0.3, -0.25) is 9.69 Å². The van der Waals surface area contributed by atoms with Crippen LogP contribution in [0, 0.1) is 0 Å². The van der Waals surface area contributed by atoms with Gasteiger partial charge in [0.2, 0.25) is 5.91 Å². The lowest BCUT2D eigenvalue weighted by molar-refractivity contribution is -0.135. The number of imidazole rings is 1. The zero-order valence-corrected chi connectivity index (χ0v) is 14.8. The normalized spacial score (nSPS) is 20.7. The minimum absolute atomic E-state index is 0.0646. The van der Waals surface area contributed by atoms with Crippen LogP contribution in [0.5, 0.6) is 0 Å². The van der Waals surface area contributed by atoms with E-state index in [0.29, 0.717) is 6.54 Å². The zero-order valence-electron chi connectivity index (χ0n) is 14.0. The molecule has 2 aromatic rings. The second-order valence-corrected chi connectivity index (χ2v) is 7.04. The molecule has 1 amide bonds. The van der Waals surface area contributed by atoms with Gasteiger partial charge in [0.15, 0.2) is 0 Å². The number of thiophene rings is 1. The molecule has 0 unspecified atom stereocenters. The molecule has 0 bridgehead atoms. The summed E-state index contributed by atoms with van der Waals surface area (Å²) in [6.07, 6.45) is 3.80. The van der Waals surface area contributed by atoms with Gasteiger partial charge in [0.05, 0.1) is 12.0 Å². The first kappa shape index (κ1) is 16.2. The molecule has 0 aliphatic carbocycles. The summed E-state index contributed by atoms with van der Waals surface area (Å²) in [6.45, 7) is 7.56. The summed E-state index contributed by atoms with van der Waals surface area (Å²) in [6, 6.07) is 4.23. The van der Waals surface area contributed by atoms with E-state index in [1.165, 1.54) is 0 Å². The van der Waals surface area contributed by atoms with E-state index in [9.17, 15) is 4.79 Å². The molecule has 0 saturated carbocycles. The summed E-state index contributed by atoms with van der Waals surface area (Å²) in [7, 11) is 2.02. The lowest BCUT2D eigenvalue weighted by atomic mass is 10.1. The SMILES string of the molecule is CCN1CCN(C(=O)[C@H](C)c2cccs2)C[C@H]1c1nccn1C. The Kier molecular flexibility index (Phi) is 4.82. The number of carbonyl (C=O) groups is 1. The summed E-state index contributed by atoms with van der Waals surface area (Å²) in [4.78, 5) is 22.9. The second kappa shape index (κ2) is 6.84. The highest BCUT2D eigenvalue weighted by Gasteiger charge is 2.33. The summed E-state index contributed by atoms with van der Waals surface area (Å²) in [5, 5.41) is 2.03. The maximum atomic E-state index is 12.9. The fourth-order valence-corrected chi connectivity index (χ4v) is 4.05. The first-order valence-electron chi connectivity index (χ1n) is 8.15. The van der Waals surface area contributed by atoms with Gasteiger partial charge >= 0.3 is 0 Å². The van der Waals surface area contributed by atoms with Gasteiger partial charge in [0.25, 0.3) is 0 Å². The number of hydrogen-bond acceptors (Lipinski definition) is 4. The van der Waals surface area contributed by atoms with Crippen LogP contribution < -0.4 is 0 Å². The molecule has 5 nitrogen and oxygen atoms in total. The van der Waals surface area contributed by atoms with E-state index < -0.39 is 0 Å². The van der Waals surface area contributed by atoms with Gasteiger partial charge in [-0.2, -0.15) is 0 Å². The minimum Gasteiger partial charge on any atom is -0.339 e. The van der Waals surface area contributed by atoms with Gasteiger partial charge in [0.1, 0.15) is 5.82 Å². The summed E-state index contributed by atoms with van der Waals surface area (Å²) < 4.78 is 2.06. The Morgan fingerprint density at radius 2 is 2.30 bits per heavy atom. The van der Waals surface area contributed by atoms with E-state index in [-0.39, 0.29) is 17.9 Å². The third-order valence-electron chi connectivity index (χ3n) is 4.71. The van der Waals surface area contributed by atoms with E-state index >= 15 is 0 Å². The topological polar surface area (TPSA) is 41.4 Å². The molecule has 1 aliphatic rings. The third-order valence-corrected chi connectivity index (χ3v) is 5.76. The highest BCUT2D eigenvalue weighted by molar-refractivity contribution is 7.10. The molecule has 6 heteroatoms. The molecule has 3 heterocycles. The number of amides is 1. The van der Waals surface area contributed by atoms with Crippen molar-refractivity contribution in [2.45, 2.75) is 25.8 Å². The monoisotopic (exact) mass is 332 g/mol. The van der Waals surface area contributed by atoms with Gasteiger partial charge in [-0.1, -0.05) is 13.0 Å². The Balaban J connectivity index is 1.77. The molecule has 124 valence electrons. The van der Waals surface area contributed by atoms with Crippen molar-refractivity contribution in [2.75, 3.05) is 26.2 Å². The molecule has 1 saturated heterocycles. The van der Waals surface area contributed by atoms with Crippen LogP contribution in [-0.4, -0.2) is 51.4 Å². The summed E-state index contributed by atoms with van der Waals surface area (Å²) in [5.74, 6) is 1.20. The molecule has 23 heavy (non-hydrogen) atoms. The van der Waals surface area contributed by atoms with E-state index in [1.807, 2.05) is 48.8 Å².